The van der Waals surface area contributed by atoms with E-state index in [9.17, 15) is 9.59 Å². The van der Waals surface area contributed by atoms with Gasteiger partial charge in [-0.2, -0.15) is 0 Å². The lowest BCUT2D eigenvalue weighted by atomic mass is 10.00. The molecular weight excluding hydrogens is 256 g/mol. The summed E-state index contributed by atoms with van der Waals surface area (Å²) in [6.07, 6.45) is 5.27. The van der Waals surface area contributed by atoms with Crippen LogP contribution in [-0.2, 0) is 14.3 Å². The van der Waals surface area contributed by atoms with Crippen LogP contribution in [0.5, 0.6) is 0 Å². The minimum Gasteiger partial charge on any atom is -0.375 e. The van der Waals surface area contributed by atoms with E-state index < -0.39 is 0 Å². The number of carbonyl (C=O) groups is 2. The molecule has 0 radical (unpaired) electrons. The first-order valence-electron chi connectivity index (χ1n) is 7.74. The molecule has 0 aromatic carbocycles. The van der Waals surface area contributed by atoms with Crippen molar-refractivity contribution in [3.63, 3.8) is 0 Å². The van der Waals surface area contributed by atoms with Gasteiger partial charge in [0.05, 0.1) is 0 Å². The average Bonchev–Trinajstić information content (AvgIpc) is 3.06. The van der Waals surface area contributed by atoms with Gasteiger partial charge in [0.15, 0.2) is 0 Å². The standard InChI is InChI=1S/C15H24N2O3/c1-20-9-14(18)17-4-2-13(3-5-17)16-15(19)12-7-10-6-11(10)8-12/h10-13H,2-9H2,1H3,(H,16,19). The number of amides is 2. The molecule has 0 aromatic heterocycles. The topological polar surface area (TPSA) is 58.6 Å². The van der Waals surface area contributed by atoms with Crippen molar-refractivity contribution in [2.24, 2.45) is 17.8 Å². The second-order valence-corrected chi connectivity index (χ2v) is 6.52. The van der Waals surface area contributed by atoms with Crippen molar-refractivity contribution in [1.82, 2.24) is 10.2 Å². The van der Waals surface area contributed by atoms with Crippen molar-refractivity contribution >= 4 is 11.8 Å². The SMILES string of the molecule is COCC(=O)N1CCC(NC(=O)C2CC3CC3C2)CC1. The van der Waals surface area contributed by atoms with E-state index in [1.54, 1.807) is 0 Å². The molecule has 1 N–H and O–H groups in total. The minimum atomic E-state index is 0.0492. The van der Waals surface area contributed by atoms with E-state index in [-0.39, 0.29) is 30.4 Å². The molecule has 0 bridgehead atoms. The van der Waals surface area contributed by atoms with Gasteiger partial charge in [0.25, 0.3) is 0 Å². The second kappa shape index (κ2) is 5.72. The fourth-order valence-electron chi connectivity index (χ4n) is 3.74. The molecule has 2 saturated carbocycles. The molecule has 3 rings (SSSR count). The maximum absolute atomic E-state index is 12.2. The third-order valence-electron chi connectivity index (χ3n) is 5.08. The number of piperidine rings is 1. The van der Waals surface area contributed by atoms with Gasteiger partial charge in [0.1, 0.15) is 6.61 Å². The summed E-state index contributed by atoms with van der Waals surface area (Å²) in [5, 5.41) is 3.19. The zero-order valence-corrected chi connectivity index (χ0v) is 12.1. The Hall–Kier alpha value is -1.10. The first kappa shape index (κ1) is 13.9. The van der Waals surface area contributed by atoms with E-state index in [1.807, 2.05) is 4.90 Å². The van der Waals surface area contributed by atoms with Gasteiger partial charge >= 0.3 is 0 Å². The Labute approximate surface area is 120 Å². The van der Waals surface area contributed by atoms with Crippen LogP contribution < -0.4 is 5.32 Å². The monoisotopic (exact) mass is 280 g/mol. The fraction of sp³-hybridized carbons (Fsp3) is 0.867. The number of fused-ring (bicyclic) bond motifs is 1. The molecule has 0 aromatic rings. The lowest BCUT2D eigenvalue weighted by Gasteiger charge is -2.32. The van der Waals surface area contributed by atoms with Crippen LogP contribution in [0.15, 0.2) is 0 Å². The summed E-state index contributed by atoms with van der Waals surface area (Å²) in [5.41, 5.74) is 0. The zero-order valence-electron chi connectivity index (χ0n) is 12.1. The molecule has 112 valence electrons. The van der Waals surface area contributed by atoms with Crippen LogP contribution in [0.2, 0.25) is 0 Å². The lowest BCUT2D eigenvalue weighted by molar-refractivity contribution is -0.136. The predicted octanol–water partition coefficient (Wildman–Crippen LogP) is 0.786. The van der Waals surface area contributed by atoms with Crippen molar-refractivity contribution in [1.29, 1.82) is 0 Å². The number of methoxy groups -OCH3 is 1. The molecule has 0 spiro atoms. The number of carbonyl (C=O) groups excluding carboxylic acids is 2. The van der Waals surface area contributed by atoms with Crippen LogP contribution >= 0.6 is 0 Å². The Morgan fingerprint density at radius 3 is 2.40 bits per heavy atom. The molecule has 5 nitrogen and oxygen atoms in total. The third-order valence-corrected chi connectivity index (χ3v) is 5.08. The van der Waals surface area contributed by atoms with Gasteiger partial charge in [-0.25, -0.2) is 0 Å². The van der Waals surface area contributed by atoms with Gasteiger partial charge in [-0.1, -0.05) is 0 Å². The quantitative estimate of drug-likeness (QED) is 0.828. The summed E-state index contributed by atoms with van der Waals surface area (Å²) in [4.78, 5) is 25.7. The molecule has 3 fully saturated rings. The van der Waals surface area contributed by atoms with Gasteiger partial charge in [-0.3, -0.25) is 9.59 Å². The highest BCUT2D eigenvalue weighted by molar-refractivity contribution is 5.80. The fourth-order valence-corrected chi connectivity index (χ4v) is 3.74. The number of nitrogens with zero attached hydrogens (tertiary/aromatic N) is 1. The summed E-state index contributed by atoms with van der Waals surface area (Å²) in [6.45, 7) is 1.61. The highest BCUT2D eigenvalue weighted by atomic mass is 16.5. The van der Waals surface area contributed by atoms with Crippen LogP contribution in [-0.4, -0.2) is 49.6 Å². The summed E-state index contributed by atoms with van der Waals surface area (Å²) in [7, 11) is 1.54. The molecule has 2 aliphatic carbocycles. The normalized spacial score (nSPS) is 32.9. The van der Waals surface area contributed by atoms with Crippen LogP contribution in [0.3, 0.4) is 0 Å². The zero-order chi connectivity index (χ0) is 14.1. The molecule has 3 aliphatic rings. The minimum absolute atomic E-state index is 0.0492. The van der Waals surface area contributed by atoms with E-state index >= 15 is 0 Å². The van der Waals surface area contributed by atoms with Crippen LogP contribution in [0.25, 0.3) is 0 Å². The van der Waals surface area contributed by atoms with Crippen molar-refractivity contribution < 1.29 is 14.3 Å². The van der Waals surface area contributed by atoms with Crippen molar-refractivity contribution in [2.75, 3.05) is 26.8 Å². The maximum Gasteiger partial charge on any atom is 0.248 e. The van der Waals surface area contributed by atoms with Gasteiger partial charge in [0, 0.05) is 32.2 Å². The van der Waals surface area contributed by atoms with Crippen LogP contribution in [0.4, 0.5) is 0 Å². The first-order chi connectivity index (χ1) is 9.67. The third kappa shape index (κ3) is 2.97. The summed E-state index contributed by atoms with van der Waals surface area (Å²) < 4.78 is 4.87. The maximum atomic E-state index is 12.2. The number of nitrogens with one attached hydrogen (secondary N) is 1. The molecular formula is C15H24N2O3. The van der Waals surface area contributed by atoms with Crippen LogP contribution in [0, 0.1) is 17.8 Å². The second-order valence-electron chi connectivity index (χ2n) is 6.52. The summed E-state index contributed by atoms with van der Waals surface area (Å²) in [6, 6.07) is 0.242. The predicted molar refractivity (Wildman–Crippen MR) is 73.9 cm³/mol. The summed E-state index contributed by atoms with van der Waals surface area (Å²) >= 11 is 0. The number of hydrogen-bond acceptors (Lipinski definition) is 3. The van der Waals surface area contributed by atoms with Crippen LogP contribution in [0.1, 0.15) is 32.1 Å². The van der Waals surface area contributed by atoms with Crippen molar-refractivity contribution in [3.8, 4) is 0 Å². The van der Waals surface area contributed by atoms with E-state index in [2.05, 4.69) is 5.32 Å². The average molecular weight is 280 g/mol. The Bertz CT molecular complexity index is 381. The van der Waals surface area contributed by atoms with E-state index in [1.165, 1.54) is 13.5 Å². The Kier molecular flexibility index (Phi) is 3.96. The van der Waals surface area contributed by atoms with E-state index in [0.717, 1.165) is 50.6 Å². The van der Waals surface area contributed by atoms with E-state index in [0.29, 0.717) is 0 Å². The van der Waals surface area contributed by atoms with Gasteiger partial charge < -0.3 is 15.0 Å². The largest absolute Gasteiger partial charge is 0.375 e. The van der Waals surface area contributed by atoms with Crippen molar-refractivity contribution in [3.05, 3.63) is 0 Å². The molecule has 2 amide bonds. The first-order valence-corrected chi connectivity index (χ1v) is 7.74. The smallest absolute Gasteiger partial charge is 0.248 e. The highest BCUT2D eigenvalue weighted by Crippen LogP contribution is 2.54. The Morgan fingerprint density at radius 1 is 1.15 bits per heavy atom. The molecule has 20 heavy (non-hydrogen) atoms. The molecule has 1 heterocycles. The van der Waals surface area contributed by atoms with Gasteiger partial charge in [-0.05, 0) is 43.9 Å². The lowest BCUT2D eigenvalue weighted by Crippen LogP contribution is -2.48. The molecule has 5 heteroatoms. The number of likely N-dealkylation sites (tertiary alicyclic amines) is 1. The Balaban J connectivity index is 1.40. The van der Waals surface area contributed by atoms with Crippen molar-refractivity contribution in [2.45, 2.75) is 38.1 Å². The van der Waals surface area contributed by atoms with E-state index in [4.69, 9.17) is 4.74 Å². The highest BCUT2D eigenvalue weighted by Gasteiger charge is 2.48. The van der Waals surface area contributed by atoms with Gasteiger partial charge in [0.2, 0.25) is 11.8 Å². The number of rotatable bonds is 4. The number of hydrogen-bond donors (Lipinski definition) is 1. The molecule has 1 aliphatic heterocycles. The van der Waals surface area contributed by atoms with Gasteiger partial charge in [-0.15, -0.1) is 0 Å². The Morgan fingerprint density at radius 2 is 1.80 bits per heavy atom. The summed E-state index contributed by atoms with van der Waals surface area (Å²) in [5.74, 6) is 2.25. The molecule has 1 saturated heterocycles. The molecule has 2 atom stereocenters. The number of ether oxygens (including phenoxy) is 1. The molecule has 2 unspecified atom stereocenters.